The molecule has 3 heteroatoms. The third kappa shape index (κ3) is 6.96. The maximum absolute atomic E-state index is 11.7. The van der Waals surface area contributed by atoms with Gasteiger partial charge in [-0.3, -0.25) is 4.39 Å². The van der Waals surface area contributed by atoms with Gasteiger partial charge in [-0.25, -0.2) is 0 Å². The highest BCUT2D eigenvalue weighted by molar-refractivity contribution is 4.62. The van der Waals surface area contributed by atoms with Crippen LogP contribution in [-0.4, -0.2) is 44.3 Å². The van der Waals surface area contributed by atoms with Gasteiger partial charge in [-0.1, -0.05) is 6.92 Å². The lowest BCUT2D eigenvalue weighted by Crippen LogP contribution is -2.35. The molecule has 0 aromatic rings. The van der Waals surface area contributed by atoms with Crippen molar-refractivity contribution in [2.24, 2.45) is 0 Å². The molecule has 1 N–H and O–H groups in total. The van der Waals surface area contributed by atoms with E-state index in [2.05, 4.69) is 31.1 Å². The van der Waals surface area contributed by atoms with Gasteiger partial charge in [-0.05, 0) is 33.4 Å². The van der Waals surface area contributed by atoms with Crippen LogP contribution >= 0.6 is 0 Å². The van der Waals surface area contributed by atoms with Crippen molar-refractivity contribution in [3.63, 3.8) is 0 Å². The summed E-state index contributed by atoms with van der Waals surface area (Å²) in [4.78, 5) is 2.32. The number of hydrogen-bond donors (Lipinski definition) is 1. The maximum Gasteiger partial charge on any atom is 0.0906 e. The molecule has 0 rings (SSSR count). The van der Waals surface area contributed by atoms with Gasteiger partial charge in [0.1, 0.15) is 0 Å². The Morgan fingerprint density at radius 1 is 1.38 bits per heavy atom. The van der Waals surface area contributed by atoms with E-state index in [0.29, 0.717) is 12.5 Å². The van der Waals surface area contributed by atoms with Crippen LogP contribution in [0, 0.1) is 0 Å². The summed E-state index contributed by atoms with van der Waals surface area (Å²) in [5.41, 5.74) is 0. The summed E-state index contributed by atoms with van der Waals surface area (Å²) in [6, 6.07) is 0.642. The first-order chi connectivity index (χ1) is 6.22. The van der Waals surface area contributed by atoms with Crippen LogP contribution in [0.1, 0.15) is 26.7 Å². The van der Waals surface area contributed by atoms with Crippen LogP contribution in [0.5, 0.6) is 0 Å². The number of nitrogens with one attached hydrogen (secondary N) is 1. The van der Waals surface area contributed by atoms with E-state index in [-0.39, 0.29) is 6.67 Å². The Morgan fingerprint density at radius 3 is 2.62 bits per heavy atom. The lowest BCUT2D eigenvalue weighted by molar-refractivity contribution is 0.251. The van der Waals surface area contributed by atoms with Crippen LogP contribution in [0.4, 0.5) is 4.39 Å². The van der Waals surface area contributed by atoms with Crippen LogP contribution in [-0.2, 0) is 0 Å². The van der Waals surface area contributed by atoms with Crippen molar-refractivity contribution in [2.75, 3.05) is 33.4 Å². The summed E-state index contributed by atoms with van der Waals surface area (Å²) in [6.45, 7) is 7.00. The van der Waals surface area contributed by atoms with Crippen molar-refractivity contribution >= 4 is 0 Å². The molecule has 0 aromatic carbocycles. The van der Waals surface area contributed by atoms with E-state index in [1.807, 2.05) is 0 Å². The second kappa shape index (κ2) is 8.45. The fraction of sp³-hybridized carbons (Fsp3) is 1.00. The van der Waals surface area contributed by atoms with Crippen LogP contribution in [0.15, 0.2) is 0 Å². The molecule has 0 saturated heterocycles. The van der Waals surface area contributed by atoms with E-state index in [1.54, 1.807) is 0 Å². The monoisotopic (exact) mass is 190 g/mol. The van der Waals surface area contributed by atoms with Gasteiger partial charge in [0, 0.05) is 19.1 Å². The first-order valence-electron chi connectivity index (χ1n) is 5.19. The van der Waals surface area contributed by atoms with E-state index >= 15 is 0 Å². The molecule has 0 amide bonds. The van der Waals surface area contributed by atoms with Crippen molar-refractivity contribution in [3.8, 4) is 0 Å². The number of nitrogens with zero attached hydrogens (tertiary/aromatic N) is 1. The minimum Gasteiger partial charge on any atom is -0.315 e. The highest BCUT2D eigenvalue weighted by Gasteiger charge is 2.04. The maximum atomic E-state index is 11.7. The van der Waals surface area contributed by atoms with Gasteiger partial charge in [-0.15, -0.1) is 0 Å². The summed E-state index contributed by atoms with van der Waals surface area (Å²) in [7, 11) is 2.13. The average Bonchev–Trinajstić information content (AvgIpc) is 2.16. The second-order valence-corrected chi connectivity index (χ2v) is 3.53. The minimum absolute atomic E-state index is 0.214. The van der Waals surface area contributed by atoms with Gasteiger partial charge in [-0.2, -0.15) is 0 Å². The normalized spacial score (nSPS) is 13.6. The Hall–Kier alpha value is -0.150. The number of hydrogen-bond acceptors (Lipinski definition) is 2. The van der Waals surface area contributed by atoms with E-state index in [9.17, 15) is 4.39 Å². The summed E-state index contributed by atoms with van der Waals surface area (Å²) in [5, 5.41) is 3.21. The molecule has 0 spiro atoms. The van der Waals surface area contributed by atoms with Crippen molar-refractivity contribution in [1.82, 2.24) is 10.2 Å². The SMILES string of the molecule is CCC(C)N(C)CCNCCCF. The molecule has 0 aliphatic heterocycles. The minimum atomic E-state index is -0.214. The first kappa shape index (κ1) is 12.8. The van der Waals surface area contributed by atoms with E-state index in [0.717, 1.165) is 19.6 Å². The first-order valence-corrected chi connectivity index (χ1v) is 5.19. The van der Waals surface area contributed by atoms with Gasteiger partial charge < -0.3 is 10.2 Å². The largest absolute Gasteiger partial charge is 0.315 e. The molecule has 0 fully saturated rings. The molecule has 0 aliphatic rings. The molecule has 0 aromatic heterocycles. The molecule has 0 aliphatic carbocycles. The third-order valence-electron chi connectivity index (χ3n) is 2.47. The van der Waals surface area contributed by atoms with Crippen LogP contribution in [0.3, 0.4) is 0 Å². The highest BCUT2D eigenvalue weighted by Crippen LogP contribution is 1.97. The van der Waals surface area contributed by atoms with Gasteiger partial charge in [0.25, 0.3) is 0 Å². The van der Waals surface area contributed by atoms with Crippen molar-refractivity contribution in [3.05, 3.63) is 0 Å². The number of rotatable bonds is 8. The molecular weight excluding hydrogens is 167 g/mol. The van der Waals surface area contributed by atoms with Crippen molar-refractivity contribution in [1.29, 1.82) is 0 Å². The lowest BCUT2D eigenvalue weighted by atomic mass is 10.2. The standard InChI is InChI=1S/C10H23FN2/c1-4-10(2)13(3)9-8-12-7-5-6-11/h10,12H,4-9H2,1-3H3. The third-order valence-corrected chi connectivity index (χ3v) is 2.47. The van der Waals surface area contributed by atoms with Crippen molar-refractivity contribution in [2.45, 2.75) is 32.7 Å². The zero-order valence-corrected chi connectivity index (χ0v) is 9.15. The summed E-state index contributed by atoms with van der Waals surface area (Å²) in [5.74, 6) is 0. The Morgan fingerprint density at radius 2 is 2.08 bits per heavy atom. The van der Waals surface area contributed by atoms with Crippen LogP contribution in [0.25, 0.3) is 0 Å². The van der Waals surface area contributed by atoms with Crippen LogP contribution in [0.2, 0.25) is 0 Å². The molecule has 13 heavy (non-hydrogen) atoms. The zero-order chi connectivity index (χ0) is 10.1. The molecule has 1 unspecified atom stereocenters. The average molecular weight is 190 g/mol. The van der Waals surface area contributed by atoms with Gasteiger partial charge in [0.15, 0.2) is 0 Å². The number of alkyl halides is 1. The fourth-order valence-corrected chi connectivity index (χ4v) is 1.10. The lowest BCUT2D eigenvalue weighted by Gasteiger charge is -2.23. The summed E-state index contributed by atoms with van der Waals surface area (Å²) in [6.07, 6.45) is 1.81. The number of halogens is 1. The quantitative estimate of drug-likeness (QED) is 0.586. The zero-order valence-electron chi connectivity index (χ0n) is 9.15. The highest BCUT2D eigenvalue weighted by atomic mass is 19.1. The van der Waals surface area contributed by atoms with E-state index < -0.39 is 0 Å². The predicted molar refractivity (Wildman–Crippen MR) is 55.8 cm³/mol. The van der Waals surface area contributed by atoms with E-state index in [4.69, 9.17) is 0 Å². The van der Waals surface area contributed by atoms with Gasteiger partial charge in [0.05, 0.1) is 6.67 Å². The van der Waals surface area contributed by atoms with Gasteiger partial charge >= 0.3 is 0 Å². The van der Waals surface area contributed by atoms with Crippen LogP contribution < -0.4 is 5.32 Å². The Bertz CT molecular complexity index is 109. The molecule has 2 nitrogen and oxygen atoms in total. The predicted octanol–water partition coefficient (Wildman–Crippen LogP) is 1.67. The molecule has 1 atom stereocenters. The molecule has 0 bridgehead atoms. The molecule has 0 radical (unpaired) electrons. The molecular formula is C10H23FN2. The Balaban J connectivity index is 3.21. The Kier molecular flexibility index (Phi) is 8.35. The van der Waals surface area contributed by atoms with E-state index in [1.165, 1.54) is 6.42 Å². The van der Waals surface area contributed by atoms with Crippen molar-refractivity contribution < 1.29 is 4.39 Å². The number of likely N-dealkylation sites (N-methyl/N-ethyl adjacent to an activating group) is 1. The smallest absolute Gasteiger partial charge is 0.0906 e. The fourth-order valence-electron chi connectivity index (χ4n) is 1.10. The topological polar surface area (TPSA) is 15.3 Å². The Labute approximate surface area is 81.5 Å². The summed E-state index contributed by atoms with van der Waals surface area (Å²) < 4.78 is 11.7. The molecule has 0 heterocycles. The summed E-state index contributed by atoms with van der Waals surface area (Å²) >= 11 is 0. The second-order valence-electron chi connectivity index (χ2n) is 3.53. The van der Waals surface area contributed by atoms with Gasteiger partial charge in [0.2, 0.25) is 0 Å². The molecule has 80 valence electrons. The molecule has 0 saturated carbocycles.